The van der Waals surface area contributed by atoms with E-state index in [0.717, 1.165) is 0 Å². The number of aliphatic hydroxyl groups is 1. The smallest absolute Gasteiger partial charge is 0.384 e. The van der Waals surface area contributed by atoms with Crippen molar-refractivity contribution in [3.8, 4) is 0 Å². The first-order chi connectivity index (χ1) is 10.7. The van der Waals surface area contributed by atoms with Crippen molar-refractivity contribution in [1.29, 1.82) is 0 Å². The number of hydrogen-bond donors (Lipinski definition) is 2. The number of hydrogen-bond acceptors (Lipinski definition) is 2. The van der Waals surface area contributed by atoms with Gasteiger partial charge in [-0.1, -0.05) is 23.7 Å². The Hall–Kier alpha value is -0.700. The van der Waals surface area contributed by atoms with Crippen LogP contribution in [0.1, 0.15) is 39.7 Å². The molecule has 0 aliphatic carbocycles. The first-order valence-corrected chi connectivity index (χ1v) is 8.60. The summed E-state index contributed by atoms with van der Waals surface area (Å²) in [5.74, 6) is -0.922. The maximum Gasteiger partial charge on any atom is 0.414 e. The predicted octanol–water partition coefficient (Wildman–Crippen LogP) is 4.06. The maximum absolute atomic E-state index is 14.4. The second kappa shape index (κ2) is 7.27. The summed E-state index contributed by atoms with van der Waals surface area (Å²) in [4.78, 5) is 0. The molecule has 0 bridgehead atoms. The molecular formula is C15H20ClF4NO2S. The van der Waals surface area contributed by atoms with Crippen LogP contribution in [-0.4, -0.2) is 26.3 Å². The lowest BCUT2D eigenvalue weighted by Gasteiger charge is -2.36. The second-order valence-electron chi connectivity index (χ2n) is 6.68. The molecule has 0 radical (unpaired) electrons. The molecular weight excluding hydrogens is 370 g/mol. The normalized spacial score (nSPS) is 18.1. The molecule has 2 unspecified atom stereocenters. The lowest BCUT2D eigenvalue weighted by Crippen LogP contribution is -2.50. The number of halogens is 5. The minimum atomic E-state index is -4.89. The van der Waals surface area contributed by atoms with Crippen LogP contribution in [0, 0.1) is 5.82 Å². The summed E-state index contributed by atoms with van der Waals surface area (Å²) < 4.78 is 66.8. The quantitative estimate of drug-likeness (QED) is 0.746. The molecule has 1 aromatic rings. The SMILES string of the molecule is CC(C[C@H](O)C(F)(F)F)(NS(=O)C(C)(C)C)c1cccc(Cl)c1F. The molecule has 0 spiro atoms. The van der Waals surface area contributed by atoms with Gasteiger partial charge in [0, 0.05) is 12.0 Å². The fraction of sp³-hybridized carbons (Fsp3) is 0.600. The zero-order chi connectivity index (χ0) is 18.9. The van der Waals surface area contributed by atoms with E-state index in [4.69, 9.17) is 11.6 Å². The summed E-state index contributed by atoms with van der Waals surface area (Å²) in [6.45, 7) is 6.10. The van der Waals surface area contributed by atoms with Crippen molar-refractivity contribution in [2.45, 2.75) is 56.7 Å². The summed E-state index contributed by atoms with van der Waals surface area (Å²) >= 11 is 5.71. The molecule has 138 valence electrons. The van der Waals surface area contributed by atoms with Crippen molar-refractivity contribution >= 4 is 22.6 Å². The van der Waals surface area contributed by atoms with Crippen LogP contribution in [0.4, 0.5) is 17.6 Å². The fourth-order valence-electron chi connectivity index (χ4n) is 2.00. The minimum absolute atomic E-state index is 0.198. The minimum Gasteiger partial charge on any atom is -0.384 e. The molecule has 0 heterocycles. The van der Waals surface area contributed by atoms with Gasteiger partial charge in [0.1, 0.15) is 5.82 Å². The highest BCUT2D eigenvalue weighted by atomic mass is 35.5. The van der Waals surface area contributed by atoms with Crippen molar-refractivity contribution in [2.75, 3.05) is 0 Å². The van der Waals surface area contributed by atoms with Gasteiger partial charge in [-0.2, -0.15) is 13.2 Å². The second-order valence-corrected chi connectivity index (χ2v) is 9.05. The van der Waals surface area contributed by atoms with E-state index >= 15 is 0 Å². The number of nitrogens with one attached hydrogen (secondary N) is 1. The number of aliphatic hydroxyl groups excluding tert-OH is 1. The standard InChI is InChI=1S/C15H20ClF4NO2S/c1-13(2,3)24(23)21-14(4,8-11(22)15(18,19)20)9-6-5-7-10(16)12(9)17/h5-7,11,21-22H,8H2,1-4H3/t11-,14?,24?/m0/s1. The molecule has 0 aliphatic heterocycles. The van der Waals surface area contributed by atoms with Gasteiger partial charge in [0.25, 0.3) is 0 Å². The third-order valence-corrected chi connectivity index (χ3v) is 5.44. The van der Waals surface area contributed by atoms with Crippen LogP contribution in [0.25, 0.3) is 0 Å². The Labute approximate surface area is 146 Å². The monoisotopic (exact) mass is 389 g/mol. The van der Waals surface area contributed by atoms with Crippen LogP contribution in [-0.2, 0) is 16.5 Å². The summed E-state index contributed by atoms with van der Waals surface area (Å²) in [6.07, 6.45) is -8.53. The van der Waals surface area contributed by atoms with Crippen molar-refractivity contribution < 1.29 is 26.9 Å². The van der Waals surface area contributed by atoms with Crippen molar-refractivity contribution in [1.82, 2.24) is 4.72 Å². The van der Waals surface area contributed by atoms with Crippen molar-refractivity contribution in [2.24, 2.45) is 0 Å². The number of rotatable bonds is 5. The summed E-state index contributed by atoms with van der Waals surface area (Å²) in [6, 6.07) is 3.87. The van der Waals surface area contributed by atoms with Gasteiger partial charge in [-0.15, -0.1) is 0 Å². The molecule has 9 heteroatoms. The first kappa shape index (κ1) is 21.3. The van der Waals surface area contributed by atoms with Gasteiger partial charge in [-0.25, -0.2) is 13.3 Å². The Morgan fingerprint density at radius 2 is 1.79 bits per heavy atom. The van der Waals surface area contributed by atoms with Crippen LogP contribution < -0.4 is 4.72 Å². The highest BCUT2D eigenvalue weighted by molar-refractivity contribution is 7.84. The molecule has 0 saturated carbocycles. The van der Waals surface area contributed by atoms with Crippen LogP contribution in [0.3, 0.4) is 0 Å². The van der Waals surface area contributed by atoms with E-state index in [9.17, 15) is 26.9 Å². The number of benzene rings is 1. The van der Waals surface area contributed by atoms with Crippen molar-refractivity contribution in [3.05, 3.63) is 34.6 Å². The van der Waals surface area contributed by atoms with Crippen LogP contribution >= 0.6 is 11.6 Å². The van der Waals surface area contributed by atoms with Gasteiger partial charge in [0.2, 0.25) is 0 Å². The van der Waals surface area contributed by atoms with Gasteiger partial charge >= 0.3 is 6.18 Å². The lowest BCUT2D eigenvalue weighted by molar-refractivity contribution is -0.209. The zero-order valence-corrected chi connectivity index (χ0v) is 15.2. The molecule has 3 nitrogen and oxygen atoms in total. The lowest BCUT2D eigenvalue weighted by atomic mass is 9.87. The third kappa shape index (κ3) is 5.15. The third-order valence-electron chi connectivity index (χ3n) is 3.40. The summed E-state index contributed by atoms with van der Waals surface area (Å²) in [5.41, 5.74) is -1.95. The molecule has 0 aliphatic rings. The predicted molar refractivity (Wildman–Crippen MR) is 86.5 cm³/mol. The Balaban J connectivity index is 3.35. The van der Waals surface area contributed by atoms with Gasteiger partial charge in [0.05, 0.1) is 26.3 Å². The topological polar surface area (TPSA) is 49.3 Å². The van der Waals surface area contributed by atoms with E-state index in [1.165, 1.54) is 25.1 Å². The molecule has 0 saturated heterocycles. The van der Waals surface area contributed by atoms with Crippen LogP contribution in [0.15, 0.2) is 18.2 Å². The summed E-state index contributed by atoms with van der Waals surface area (Å²) in [7, 11) is -1.80. The molecule has 2 N–H and O–H groups in total. The molecule has 24 heavy (non-hydrogen) atoms. The highest BCUT2D eigenvalue weighted by Gasteiger charge is 2.45. The van der Waals surface area contributed by atoms with Crippen LogP contribution in [0.5, 0.6) is 0 Å². The maximum atomic E-state index is 14.4. The van der Waals surface area contributed by atoms with Gasteiger partial charge in [-0.05, 0) is 33.8 Å². The van der Waals surface area contributed by atoms with Gasteiger partial charge < -0.3 is 5.11 Å². The van der Waals surface area contributed by atoms with Crippen molar-refractivity contribution in [3.63, 3.8) is 0 Å². The zero-order valence-electron chi connectivity index (χ0n) is 13.7. The highest BCUT2D eigenvalue weighted by Crippen LogP contribution is 2.36. The van der Waals surface area contributed by atoms with Crippen LogP contribution in [0.2, 0.25) is 5.02 Å². The average molecular weight is 390 g/mol. The van der Waals surface area contributed by atoms with Gasteiger partial charge in [-0.3, -0.25) is 0 Å². The largest absolute Gasteiger partial charge is 0.414 e. The molecule has 0 aromatic heterocycles. The molecule has 3 atom stereocenters. The van der Waals surface area contributed by atoms with E-state index in [2.05, 4.69) is 4.72 Å². The fourth-order valence-corrected chi connectivity index (χ4v) is 3.08. The Morgan fingerprint density at radius 3 is 2.25 bits per heavy atom. The van der Waals surface area contributed by atoms with E-state index in [1.54, 1.807) is 20.8 Å². The Bertz CT molecular complexity index is 618. The molecule has 1 aromatic carbocycles. The molecule has 0 amide bonds. The molecule has 0 fully saturated rings. The first-order valence-electron chi connectivity index (χ1n) is 7.07. The van der Waals surface area contributed by atoms with E-state index < -0.39 is 45.8 Å². The summed E-state index contributed by atoms with van der Waals surface area (Å²) in [5, 5.41) is 9.16. The van der Waals surface area contributed by atoms with E-state index in [-0.39, 0.29) is 10.6 Å². The van der Waals surface area contributed by atoms with E-state index in [0.29, 0.717) is 0 Å². The van der Waals surface area contributed by atoms with E-state index in [1.807, 2.05) is 0 Å². The molecule has 1 rings (SSSR count). The Morgan fingerprint density at radius 1 is 1.25 bits per heavy atom. The number of alkyl halides is 3. The average Bonchev–Trinajstić information content (AvgIpc) is 2.39. The van der Waals surface area contributed by atoms with Gasteiger partial charge in [0.15, 0.2) is 6.10 Å². The Kier molecular flexibility index (Phi) is 6.47.